The number of benzene rings is 3. The molecule has 0 saturated carbocycles. The van der Waals surface area contributed by atoms with Crippen LogP contribution in [0.5, 0.6) is 5.75 Å². The van der Waals surface area contributed by atoms with Gasteiger partial charge in [-0.3, -0.25) is 9.59 Å². The molecule has 3 aromatic rings. The van der Waals surface area contributed by atoms with Gasteiger partial charge in [0.1, 0.15) is 5.75 Å². The molecule has 0 fully saturated rings. The molecule has 5 nitrogen and oxygen atoms in total. The second kappa shape index (κ2) is 8.32. The van der Waals surface area contributed by atoms with Crippen LogP contribution < -0.4 is 10.2 Å². The van der Waals surface area contributed by atoms with Crippen molar-refractivity contribution in [3.05, 3.63) is 88.5 Å². The maximum Gasteiger partial charge on any atom is 0.255 e. The SMILES string of the molecule is CC(=O)N1c2cc(O)c(NC(=O)c3cc(C)cc(C)c3)cc2C(C)(c2ccccc2)CC1(C)C. The first-order valence-electron chi connectivity index (χ1n) is 11.6. The Morgan fingerprint density at radius 3 is 2.15 bits per heavy atom. The minimum absolute atomic E-state index is 0.0733. The van der Waals surface area contributed by atoms with Crippen molar-refractivity contribution in [2.45, 2.75) is 58.9 Å². The zero-order valence-corrected chi connectivity index (χ0v) is 20.7. The van der Waals surface area contributed by atoms with Crippen LogP contribution in [0, 0.1) is 13.8 Å². The van der Waals surface area contributed by atoms with Crippen molar-refractivity contribution in [3.63, 3.8) is 0 Å². The molecule has 0 bridgehead atoms. The Kier molecular flexibility index (Phi) is 5.76. The summed E-state index contributed by atoms with van der Waals surface area (Å²) in [5.41, 5.74) is 4.62. The van der Waals surface area contributed by atoms with Gasteiger partial charge in [-0.05, 0) is 63.4 Å². The van der Waals surface area contributed by atoms with Crippen molar-refractivity contribution >= 4 is 23.2 Å². The molecule has 34 heavy (non-hydrogen) atoms. The summed E-state index contributed by atoms with van der Waals surface area (Å²) in [4.78, 5) is 27.5. The molecule has 1 heterocycles. The number of nitrogens with zero attached hydrogens (tertiary/aromatic N) is 1. The number of nitrogens with one attached hydrogen (secondary N) is 1. The van der Waals surface area contributed by atoms with E-state index in [1.807, 2.05) is 70.2 Å². The third kappa shape index (κ3) is 4.07. The van der Waals surface area contributed by atoms with Crippen molar-refractivity contribution in [3.8, 4) is 5.75 Å². The molecule has 2 N–H and O–H groups in total. The third-order valence-electron chi connectivity index (χ3n) is 6.80. The number of amides is 2. The standard InChI is InChI=1S/C29H32N2O3/c1-18-12-19(2)14-21(13-18)27(34)30-24-15-23-25(16-26(24)33)31(20(3)32)28(4,5)17-29(23,6)22-10-8-7-9-11-22/h7-16,33H,17H2,1-6H3,(H,30,34). The van der Waals surface area contributed by atoms with Gasteiger partial charge in [-0.25, -0.2) is 0 Å². The second-order valence-corrected chi connectivity index (χ2v) is 10.3. The zero-order chi connectivity index (χ0) is 24.8. The van der Waals surface area contributed by atoms with E-state index in [9.17, 15) is 14.7 Å². The number of fused-ring (bicyclic) bond motifs is 1. The van der Waals surface area contributed by atoms with Crippen molar-refractivity contribution in [1.82, 2.24) is 0 Å². The smallest absolute Gasteiger partial charge is 0.255 e. The monoisotopic (exact) mass is 456 g/mol. The van der Waals surface area contributed by atoms with Crippen LogP contribution in [0.3, 0.4) is 0 Å². The molecular formula is C29H32N2O3. The molecule has 0 aliphatic carbocycles. The first-order valence-corrected chi connectivity index (χ1v) is 11.6. The highest BCUT2D eigenvalue weighted by Gasteiger charge is 2.47. The van der Waals surface area contributed by atoms with Crippen molar-refractivity contribution in [1.29, 1.82) is 0 Å². The van der Waals surface area contributed by atoms with E-state index in [0.29, 0.717) is 23.4 Å². The van der Waals surface area contributed by atoms with E-state index in [1.54, 1.807) is 17.9 Å². The highest BCUT2D eigenvalue weighted by atomic mass is 16.3. The van der Waals surface area contributed by atoms with Crippen LogP contribution in [0.2, 0.25) is 0 Å². The van der Waals surface area contributed by atoms with Crippen molar-refractivity contribution < 1.29 is 14.7 Å². The lowest BCUT2D eigenvalue weighted by Crippen LogP contribution is -2.55. The Labute approximate surface area is 201 Å². The number of phenols is 1. The number of phenolic OH excluding ortho intramolecular Hbond substituents is 1. The van der Waals surface area contributed by atoms with E-state index < -0.39 is 11.0 Å². The van der Waals surface area contributed by atoms with E-state index >= 15 is 0 Å². The van der Waals surface area contributed by atoms with E-state index in [1.165, 1.54) is 0 Å². The minimum Gasteiger partial charge on any atom is -0.506 e. The van der Waals surface area contributed by atoms with E-state index in [0.717, 1.165) is 22.3 Å². The molecule has 1 unspecified atom stereocenters. The quantitative estimate of drug-likeness (QED) is 0.468. The predicted octanol–water partition coefficient (Wildman–Crippen LogP) is 6.10. The summed E-state index contributed by atoms with van der Waals surface area (Å²) in [5.74, 6) is -0.452. The van der Waals surface area contributed by atoms with Crippen LogP contribution in [-0.4, -0.2) is 22.5 Å². The summed E-state index contributed by atoms with van der Waals surface area (Å²) in [7, 11) is 0. The summed E-state index contributed by atoms with van der Waals surface area (Å²) in [5, 5.41) is 13.8. The lowest BCUT2D eigenvalue weighted by molar-refractivity contribution is -0.117. The number of hydrogen-bond donors (Lipinski definition) is 2. The number of carbonyl (C=O) groups is 2. The van der Waals surface area contributed by atoms with E-state index in [4.69, 9.17) is 0 Å². The highest BCUT2D eigenvalue weighted by Crippen LogP contribution is 2.52. The van der Waals surface area contributed by atoms with Gasteiger partial charge in [0, 0.05) is 29.5 Å². The van der Waals surface area contributed by atoms with Gasteiger partial charge in [0.05, 0.1) is 11.4 Å². The van der Waals surface area contributed by atoms with Gasteiger partial charge in [0.15, 0.2) is 0 Å². The van der Waals surface area contributed by atoms with Gasteiger partial charge >= 0.3 is 0 Å². The second-order valence-electron chi connectivity index (χ2n) is 10.3. The third-order valence-corrected chi connectivity index (χ3v) is 6.80. The predicted molar refractivity (Wildman–Crippen MR) is 137 cm³/mol. The van der Waals surface area contributed by atoms with E-state index in [2.05, 4.69) is 24.4 Å². The average molecular weight is 457 g/mol. The van der Waals surface area contributed by atoms with Crippen LogP contribution in [0.15, 0.2) is 60.7 Å². The molecule has 1 aliphatic rings. The minimum atomic E-state index is -0.472. The Bertz CT molecular complexity index is 1260. The summed E-state index contributed by atoms with van der Waals surface area (Å²) >= 11 is 0. The van der Waals surface area contributed by atoms with Gasteiger partial charge in [-0.2, -0.15) is 0 Å². The number of carbonyl (C=O) groups excluding carboxylic acids is 2. The Balaban J connectivity index is 1.87. The molecule has 0 saturated heterocycles. The first-order chi connectivity index (χ1) is 15.9. The van der Waals surface area contributed by atoms with E-state index in [-0.39, 0.29) is 17.6 Å². The topological polar surface area (TPSA) is 69.6 Å². The normalized spacial score (nSPS) is 18.8. The number of rotatable bonds is 3. The highest BCUT2D eigenvalue weighted by molar-refractivity contribution is 6.06. The summed E-state index contributed by atoms with van der Waals surface area (Å²) < 4.78 is 0. The molecule has 176 valence electrons. The fraction of sp³-hybridized carbons (Fsp3) is 0.310. The molecule has 3 aromatic carbocycles. The molecule has 2 amide bonds. The van der Waals surface area contributed by atoms with Crippen LogP contribution >= 0.6 is 0 Å². The molecule has 1 aliphatic heterocycles. The summed E-state index contributed by atoms with van der Waals surface area (Å²) in [6.45, 7) is 11.7. The molecule has 0 spiro atoms. The molecule has 0 radical (unpaired) electrons. The molecular weight excluding hydrogens is 424 g/mol. The van der Waals surface area contributed by atoms with Crippen molar-refractivity contribution in [2.24, 2.45) is 0 Å². The van der Waals surface area contributed by atoms with Crippen LogP contribution in [0.4, 0.5) is 11.4 Å². The fourth-order valence-corrected chi connectivity index (χ4v) is 5.63. The van der Waals surface area contributed by atoms with Crippen LogP contribution in [0.1, 0.15) is 66.7 Å². The average Bonchev–Trinajstić information content (AvgIpc) is 2.73. The van der Waals surface area contributed by atoms with Gasteiger partial charge in [0.2, 0.25) is 5.91 Å². The van der Waals surface area contributed by atoms with Gasteiger partial charge in [-0.15, -0.1) is 0 Å². The molecule has 4 rings (SSSR count). The largest absolute Gasteiger partial charge is 0.506 e. The summed E-state index contributed by atoms with van der Waals surface area (Å²) in [6.07, 6.45) is 0.686. The van der Waals surface area contributed by atoms with Gasteiger partial charge < -0.3 is 15.3 Å². The first kappa shape index (κ1) is 23.6. The number of aromatic hydroxyl groups is 1. The van der Waals surface area contributed by atoms with Gasteiger partial charge in [0.25, 0.3) is 5.91 Å². The lowest BCUT2D eigenvalue weighted by Gasteiger charge is -2.51. The Hall–Kier alpha value is -3.60. The Morgan fingerprint density at radius 1 is 0.941 bits per heavy atom. The number of aryl methyl sites for hydroxylation is 2. The number of hydrogen-bond acceptors (Lipinski definition) is 3. The summed E-state index contributed by atoms with van der Waals surface area (Å²) in [6, 6.07) is 19.3. The zero-order valence-electron chi connectivity index (χ0n) is 20.7. The van der Waals surface area contributed by atoms with Crippen LogP contribution in [-0.2, 0) is 10.2 Å². The molecule has 0 aromatic heterocycles. The maximum absolute atomic E-state index is 13.1. The lowest BCUT2D eigenvalue weighted by atomic mass is 9.65. The molecule has 1 atom stereocenters. The van der Waals surface area contributed by atoms with Crippen molar-refractivity contribution in [2.75, 3.05) is 10.2 Å². The molecule has 5 heteroatoms. The number of anilines is 2. The van der Waals surface area contributed by atoms with Gasteiger partial charge in [-0.1, -0.05) is 54.4 Å². The van der Waals surface area contributed by atoms with Crippen LogP contribution in [0.25, 0.3) is 0 Å². The Morgan fingerprint density at radius 2 is 1.56 bits per heavy atom. The fourth-order valence-electron chi connectivity index (χ4n) is 5.63. The maximum atomic E-state index is 13.1.